The molecule has 1 saturated heterocycles. The van der Waals surface area contributed by atoms with E-state index in [-0.39, 0.29) is 6.03 Å². The second-order valence-electron chi connectivity index (χ2n) is 6.04. The van der Waals surface area contributed by atoms with Crippen molar-refractivity contribution in [2.75, 3.05) is 34.4 Å². The van der Waals surface area contributed by atoms with Gasteiger partial charge in [0.25, 0.3) is 0 Å². The van der Waals surface area contributed by atoms with E-state index in [1.165, 1.54) is 12.8 Å². The number of anilines is 3. The highest BCUT2D eigenvalue weighted by atomic mass is 32.2. The second kappa shape index (κ2) is 9.16. The van der Waals surface area contributed by atoms with E-state index >= 15 is 0 Å². The van der Waals surface area contributed by atoms with Gasteiger partial charge in [-0.1, -0.05) is 24.3 Å². The zero-order chi connectivity index (χ0) is 18.2. The van der Waals surface area contributed by atoms with Crippen molar-refractivity contribution >= 4 is 34.9 Å². The number of urea groups is 1. The maximum Gasteiger partial charge on any atom is 0.323 e. The Morgan fingerprint density at radius 2 is 1.69 bits per heavy atom. The Morgan fingerprint density at radius 3 is 2.46 bits per heavy atom. The Kier molecular flexibility index (Phi) is 6.39. The van der Waals surface area contributed by atoms with Gasteiger partial charge in [0.05, 0.1) is 23.1 Å². The highest BCUT2D eigenvalue weighted by molar-refractivity contribution is 7.99. The molecule has 2 N–H and O–H groups in total. The third-order valence-corrected chi connectivity index (χ3v) is 5.28. The van der Waals surface area contributed by atoms with Crippen molar-refractivity contribution < 1.29 is 4.79 Å². The van der Waals surface area contributed by atoms with Crippen molar-refractivity contribution in [2.45, 2.75) is 24.2 Å². The van der Waals surface area contributed by atoms with Crippen LogP contribution in [0.25, 0.3) is 0 Å². The van der Waals surface area contributed by atoms with Crippen molar-refractivity contribution in [3.05, 3.63) is 48.5 Å². The minimum Gasteiger partial charge on any atom is -0.370 e. The number of hydrogen-bond acceptors (Lipinski definition) is 4. The summed E-state index contributed by atoms with van der Waals surface area (Å²) >= 11 is 1.57. The van der Waals surface area contributed by atoms with E-state index in [1.54, 1.807) is 11.8 Å². The number of para-hydroxylation sites is 3. The molecule has 26 heavy (non-hydrogen) atoms. The molecule has 1 heterocycles. The predicted molar refractivity (Wildman–Crippen MR) is 108 cm³/mol. The maximum atomic E-state index is 12.5. The fourth-order valence-electron chi connectivity index (χ4n) is 2.99. The van der Waals surface area contributed by atoms with Gasteiger partial charge in [0.2, 0.25) is 0 Å². The standard InChI is InChI=1S/C20H22N4OS/c21-12-7-15-26-19-11-4-2-9-17(19)23-20(25)22-16-8-1-3-10-18(16)24-13-5-6-14-24/h1-4,8-11H,5-7,13-15H2,(H2,22,23,25). The summed E-state index contributed by atoms with van der Waals surface area (Å²) in [5.41, 5.74) is 2.64. The molecule has 0 bridgehead atoms. The summed E-state index contributed by atoms with van der Waals surface area (Å²) < 4.78 is 0. The molecule has 0 atom stereocenters. The topological polar surface area (TPSA) is 68.2 Å². The Morgan fingerprint density at radius 1 is 1.04 bits per heavy atom. The van der Waals surface area contributed by atoms with Crippen LogP contribution in [-0.4, -0.2) is 24.9 Å². The second-order valence-corrected chi connectivity index (χ2v) is 7.18. The van der Waals surface area contributed by atoms with Gasteiger partial charge in [-0.3, -0.25) is 0 Å². The minimum atomic E-state index is -0.259. The van der Waals surface area contributed by atoms with Gasteiger partial charge in [0, 0.05) is 30.2 Å². The molecule has 0 unspecified atom stereocenters. The number of rotatable bonds is 6. The normalized spacial score (nSPS) is 13.3. The van der Waals surface area contributed by atoms with E-state index in [9.17, 15) is 4.79 Å². The van der Waals surface area contributed by atoms with Gasteiger partial charge in [0.1, 0.15) is 0 Å². The maximum absolute atomic E-state index is 12.5. The molecule has 2 amide bonds. The lowest BCUT2D eigenvalue weighted by Gasteiger charge is -2.21. The number of thioether (sulfide) groups is 1. The molecular weight excluding hydrogens is 344 g/mol. The van der Waals surface area contributed by atoms with Crippen molar-refractivity contribution in [3.63, 3.8) is 0 Å². The first-order chi connectivity index (χ1) is 12.8. The molecule has 134 valence electrons. The molecule has 0 aliphatic carbocycles. The third-order valence-electron chi connectivity index (χ3n) is 4.21. The summed E-state index contributed by atoms with van der Waals surface area (Å²) in [5, 5.41) is 14.6. The van der Waals surface area contributed by atoms with Crippen molar-refractivity contribution in [3.8, 4) is 6.07 Å². The summed E-state index contributed by atoms with van der Waals surface area (Å²) in [7, 11) is 0. The summed E-state index contributed by atoms with van der Waals surface area (Å²) in [4.78, 5) is 15.8. The lowest BCUT2D eigenvalue weighted by Crippen LogP contribution is -2.23. The first-order valence-corrected chi connectivity index (χ1v) is 9.77. The molecule has 5 nitrogen and oxygen atoms in total. The average molecular weight is 366 g/mol. The van der Waals surface area contributed by atoms with Crippen LogP contribution >= 0.6 is 11.8 Å². The van der Waals surface area contributed by atoms with E-state index in [0.717, 1.165) is 35.0 Å². The van der Waals surface area contributed by atoms with Crippen molar-refractivity contribution in [2.24, 2.45) is 0 Å². The van der Waals surface area contributed by atoms with E-state index in [1.807, 2.05) is 48.5 Å². The molecule has 0 spiro atoms. The lowest BCUT2D eigenvalue weighted by atomic mass is 10.2. The quantitative estimate of drug-likeness (QED) is 0.561. The SMILES string of the molecule is N#CCCSc1ccccc1NC(=O)Nc1ccccc1N1CCCC1. The third kappa shape index (κ3) is 4.70. The van der Waals surface area contributed by atoms with Crippen LogP contribution in [0.4, 0.5) is 21.9 Å². The summed E-state index contributed by atoms with van der Waals surface area (Å²) in [6.45, 7) is 2.05. The molecule has 6 heteroatoms. The van der Waals surface area contributed by atoms with Gasteiger partial charge in [0.15, 0.2) is 0 Å². The van der Waals surface area contributed by atoms with Gasteiger partial charge in [-0.05, 0) is 37.1 Å². The van der Waals surface area contributed by atoms with Gasteiger partial charge in [-0.2, -0.15) is 5.26 Å². The van der Waals surface area contributed by atoms with Gasteiger partial charge in [-0.15, -0.1) is 11.8 Å². The Labute approximate surface area is 158 Å². The average Bonchev–Trinajstić information content (AvgIpc) is 3.18. The van der Waals surface area contributed by atoms with Gasteiger partial charge >= 0.3 is 6.03 Å². The fraction of sp³-hybridized carbons (Fsp3) is 0.300. The Hall–Kier alpha value is -2.65. The zero-order valence-corrected chi connectivity index (χ0v) is 15.4. The predicted octanol–water partition coefficient (Wildman–Crippen LogP) is 4.94. The monoisotopic (exact) mass is 366 g/mol. The molecule has 0 radical (unpaired) electrons. The summed E-state index contributed by atoms with van der Waals surface area (Å²) in [6, 6.07) is 17.4. The minimum absolute atomic E-state index is 0.259. The smallest absolute Gasteiger partial charge is 0.323 e. The van der Waals surface area contributed by atoms with E-state index in [4.69, 9.17) is 5.26 Å². The summed E-state index contributed by atoms with van der Waals surface area (Å²) in [6.07, 6.45) is 2.86. The van der Waals surface area contributed by atoms with E-state index < -0.39 is 0 Å². The molecule has 1 aliphatic rings. The van der Waals surface area contributed by atoms with Crippen LogP contribution in [0.5, 0.6) is 0 Å². The number of nitrogens with one attached hydrogen (secondary N) is 2. The number of carbonyl (C=O) groups excluding carboxylic acids is 1. The number of hydrogen-bond donors (Lipinski definition) is 2. The van der Waals surface area contributed by atoms with E-state index in [2.05, 4.69) is 21.6 Å². The first-order valence-electron chi connectivity index (χ1n) is 8.78. The van der Waals surface area contributed by atoms with Crippen LogP contribution in [-0.2, 0) is 0 Å². The van der Waals surface area contributed by atoms with Crippen LogP contribution < -0.4 is 15.5 Å². The zero-order valence-electron chi connectivity index (χ0n) is 14.6. The highest BCUT2D eigenvalue weighted by Gasteiger charge is 2.16. The van der Waals surface area contributed by atoms with Crippen LogP contribution in [0, 0.1) is 11.3 Å². The number of benzene rings is 2. The molecule has 2 aromatic carbocycles. The van der Waals surface area contributed by atoms with Gasteiger partial charge < -0.3 is 15.5 Å². The van der Waals surface area contributed by atoms with Crippen molar-refractivity contribution in [1.29, 1.82) is 5.26 Å². The Balaban J connectivity index is 1.68. The molecular formula is C20H22N4OS. The number of carbonyl (C=O) groups is 1. The number of amides is 2. The number of nitrogens with zero attached hydrogens (tertiary/aromatic N) is 2. The lowest BCUT2D eigenvalue weighted by molar-refractivity contribution is 0.262. The molecule has 1 aliphatic heterocycles. The highest BCUT2D eigenvalue weighted by Crippen LogP contribution is 2.30. The van der Waals surface area contributed by atoms with E-state index in [0.29, 0.717) is 12.2 Å². The fourth-order valence-corrected chi connectivity index (χ4v) is 3.85. The molecule has 2 aromatic rings. The van der Waals surface area contributed by atoms with Gasteiger partial charge in [-0.25, -0.2) is 4.79 Å². The van der Waals surface area contributed by atoms with Crippen molar-refractivity contribution in [1.82, 2.24) is 0 Å². The first kappa shape index (κ1) is 18.2. The largest absolute Gasteiger partial charge is 0.370 e. The Bertz CT molecular complexity index is 796. The summed E-state index contributed by atoms with van der Waals surface area (Å²) in [5.74, 6) is 0.703. The van der Waals surface area contributed by atoms with Crippen LogP contribution in [0.3, 0.4) is 0 Å². The van der Waals surface area contributed by atoms with Crippen LogP contribution in [0.2, 0.25) is 0 Å². The number of nitriles is 1. The van der Waals surface area contributed by atoms with Crippen LogP contribution in [0.15, 0.2) is 53.4 Å². The van der Waals surface area contributed by atoms with Crippen LogP contribution in [0.1, 0.15) is 19.3 Å². The molecule has 1 fully saturated rings. The molecule has 0 aromatic heterocycles. The molecule has 0 saturated carbocycles. The molecule has 3 rings (SSSR count).